The Morgan fingerprint density at radius 3 is 1.24 bits per heavy atom. The second kappa shape index (κ2) is 8.81. The Hall–Kier alpha value is -3.30. The summed E-state index contributed by atoms with van der Waals surface area (Å²) < 4.78 is 0. The van der Waals surface area contributed by atoms with Gasteiger partial charge in [-0.15, -0.1) is 0 Å². The van der Waals surface area contributed by atoms with Crippen molar-refractivity contribution >= 4 is 0 Å². The fraction of sp³-hybridized carbons (Fsp3) is 0.312. The maximum absolute atomic E-state index is 11.5. The molecule has 2 N–H and O–H groups in total. The van der Waals surface area contributed by atoms with Crippen LogP contribution in [0.15, 0.2) is 60.7 Å². The molecule has 2 atom stereocenters. The summed E-state index contributed by atoms with van der Waals surface area (Å²) in [5, 5.41) is 22.9. The number of hydrogen-bond acceptors (Lipinski definition) is 2. The number of benzene rings is 3. The van der Waals surface area contributed by atoms with Crippen molar-refractivity contribution in [3.05, 3.63) is 105 Å². The summed E-state index contributed by atoms with van der Waals surface area (Å²) in [6, 6.07) is 19.8. The minimum absolute atomic E-state index is 0.105. The molecule has 172 valence electrons. The maximum atomic E-state index is 11.5. The van der Waals surface area contributed by atoms with Crippen molar-refractivity contribution in [2.75, 3.05) is 0 Å². The van der Waals surface area contributed by atoms with Crippen molar-refractivity contribution in [1.29, 1.82) is 0 Å². The van der Waals surface area contributed by atoms with Gasteiger partial charge < -0.3 is 10.2 Å². The molecule has 0 aromatic heterocycles. The first-order valence-electron chi connectivity index (χ1n) is 11.7. The molecule has 1 aliphatic rings. The van der Waals surface area contributed by atoms with Crippen LogP contribution >= 0.6 is 0 Å². The maximum Gasteiger partial charge on any atom is 0.110 e. The van der Waals surface area contributed by atoms with Crippen molar-refractivity contribution in [1.82, 2.24) is 0 Å². The third-order valence-corrected chi connectivity index (χ3v) is 6.36. The van der Waals surface area contributed by atoms with E-state index in [1.807, 2.05) is 48.5 Å². The second-order valence-electron chi connectivity index (χ2n) is 11.0. The molecule has 3 aromatic rings. The lowest BCUT2D eigenvalue weighted by atomic mass is 9.81. The van der Waals surface area contributed by atoms with Crippen LogP contribution in [0.3, 0.4) is 0 Å². The Labute approximate surface area is 203 Å². The van der Waals surface area contributed by atoms with E-state index in [4.69, 9.17) is 0 Å². The Balaban J connectivity index is 2.02. The molecule has 0 fully saturated rings. The zero-order chi connectivity index (χ0) is 24.7. The van der Waals surface area contributed by atoms with Gasteiger partial charge in [0.1, 0.15) is 12.2 Å². The summed E-state index contributed by atoms with van der Waals surface area (Å²) in [6.45, 7) is 12.8. The van der Waals surface area contributed by atoms with E-state index in [1.54, 1.807) is 0 Å². The van der Waals surface area contributed by atoms with E-state index in [0.717, 1.165) is 22.3 Å². The molecule has 0 saturated heterocycles. The Bertz CT molecular complexity index is 1250. The van der Waals surface area contributed by atoms with Crippen molar-refractivity contribution < 1.29 is 10.2 Å². The van der Waals surface area contributed by atoms with E-state index in [2.05, 4.69) is 77.4 Å². The second-order valence-corrected chi connectivity index (χ2v) is 11.0. The van der Waals surface area contributed by atoms with Gasteiger partial charge in [0.2, 0.25) is 0 Å². The number of fused-ring (bicyclic) bond motifs is 3. The number of rotatable bonds is 0. The fourth-order valence-electron chi connectivity index (χ4n) is 4.09. The molecule has 34 heavy (non-hydrogen) atoms. The highest BCUT2D eigenvalue weighted by Crippen LogP contribution is 2.37. The van der Waals surface area contributed by atoms with Crippen LogP contribution in [0.1, 0.15) is 98.3 Å². The molecule has 0 amide bonds. The molecule has 2 heteroatoms. The van der Waals surface area contributed by atoms with E-state index in [9.17, 15) is 10.2 Å². The monoisotopic (exact) mass is 448 g/mol. The van der Waals surface area contributed by atoms with E-state index < -0.39 is 12.2 Å². The molecular weight excluding hydrogens is 416 g/mol. The van der Waals surface area contributed by atoms with Gasteiger partial charge in [0, 0.05) is 22.3 Å². The lowest BCUT2D eigenvalue weighted by Crippen LogP contribution is -2.18. The van der Waals surface area contributed by atoms with Crippen molar-refractivity contribution in [3.8, 4) is 23.7 Å². The average molecular weight is 449 g/mol. The molecule has 1 aliphatic carbocycles. The van der Waals surface area contributed by atoms with Crippen LogP contribution in [0.25, 0.3) is 0 Å². The summed E-state index contributed by atoms with van der Waals surface area (Å²) in [4.78, 5) is 0. The van der Waals surface area contributed by atoms with E-state index in [0.29, 0.717) is 22.3 Å². The van der Waals surface area contributed by atoms with Gasteiger partial charge in [-0.1, -0.05) is 102 Å². The van der Waals surface area contributed by atoms with Gasteiger partial charge in [0.15, 0.2) is 0 Å². The van der Waals surface area contributed by atoms with Gasteiger partial charge in [-0.25, -0.2) is 0 Å². The van der Waals surface area contributed by atoms with Crippen LogP contribution < -0.4 is 0 Å². The van der Waals surface area contributed by atoms with Crippen molar-refractivity contribution in [2.45, 2.75) is 64.6 Å². The Morgan fingerprint density at radius 1 is 0.529 bits per heavy atom. The molecule has 0 saturated carbocycles. The molecule has 0 heterocycles. The van der Waals surface area contributed by atoms with E-state index in [1.165, 1.54) is 0 Å². The largest absolute Gasteiger partial charge is 0.385 e. The molecule has 0 bridgehead atoms. The quantitative estimate of drug-likeness (QED) is 0.404. The predicted molar refractivity (Wildman–Crippen MR) is 139 cm³/mol. The number of aliphatic hydroxyl groups excluding tert-OH is 2. The summed E-state index contributed by atoms with van der Waals surface area (Å²) in [7, 11) is 0. The smallest absolute Gasteiger partial charge is 0.110 e. The highest BCUT2D eigenvalue weighted by atomic mass is 16.3. The zero-order valence-electron chi connectivity index (χ0n) is 20.8. The minimum Gasteiger partial charge on any atom is -0.385 e. The van der Waals surface area contributed by atoms with Crippen LogP contribution in [0, 0.1) is 23.7 Å². The first kappa shape index (κ1) is 23.8. The minimum atomic E-state index is -1.14. The van der Waals surface area contributed by atoms with E-state index in [-0.39, 0.29) is 10.8 Å². The van der Waals surface area contributed by atoms with Crippen molar-refractivity contribution in [3.63, 3.8) is 0 Å². The highest BCUT2D eigenvalue weighted by molar-refractivity contribution is 5.58. The fourth-order valence-corrected chi connectivity index (χ4v) is 4.09. The molecule has 3 aromatic carbocycles. The van der Waals surface area contributed by atoms with Crippen LogP contribution in [0.4, 0.5) is 0 Å². The van der Waals surface area contributed by atoms with E-state index >= 15 is 0 Å². The number of aliphatic hydroxyl groups is 2. The third kappa shape index (κ3) is 4.80. The summed E-state index contributed by atoms with van der Waals surface area (Å²) >= 11 is 0. The Kier molecular flexibility index (Phi) is 6.18. The molecule has 0 aliphatic heterocycles. The van der Waals surface area contributed by atoms with Gasteiger partial charge in [-0.2, -0.15) is 0 Å². The van der Waals surface area contributed by atoms with Gasteiger partial charge in [0.25, 0.3) is 0 Å². The molecular formula is C32H32O2. The molecule has 4 rings (SSSR count). The first-order chi connectivity index (χ1) is 15.9. The molecule has 0 radical (unpaired) electrons. The summed E-state index contributed by atoms with van der Waals surface area (Å²) in [5.74, 6) is 13.0. The third-order valence-electron chi connectivity index (χ3n) is 6.36. The standard InChI is InChI=1S/C32H32O2/c1-31(2,3)25-17-15-23-13-11-21-9-7-8-10-22(21)12-14-24-16-18-26(32(4,5)6)20-28(24)30(34)29(33)27(23)19-25/h7-10,15-20,29-30,33-34H,1-6H3/t29-,30+. The normalized spacial score (nSPS) is 17.4. The van der Waals surface area contributed by atoms with Gasteiger partial charge in [0.05, 0.1) is 0 Å². The van der Waals surface area contributed by atoms with Crippen LogP contribution in [0.5, 0.6) is 0 Å². The SMILES string of the molecule is CC(C)(C)c1ccc2c(c1)[C@@H](O)[C@@H](O)c1cc(C(C)(C)C)ccc1C#Cc1ccccc1C#C2. The molecule has 0 unspecified atom stereocenters. The van der Waals surface area contributed by atoms with Crippen LogP contribution in [-0.2, 0) is 10.8 Å². The molecule has 2 nitrogen and oxygen atoms in total. The number of hydrogen-bond donors (Lipinski definition) is 2. The topological polar surface area (TPSA) is 40.5 Å². The predicted octanol–water partition coefficient (Wildman–Crippen LogP) is 6.16. The summed E-state index contributed by atoms with van der Waals surface area (Å²) in [6.07, 6.45) is -2.28. The van der Waals surface area contributed by atoms with Crippen LogP contribution in [0.2, 0.25) is 0 Å². The average Bonchev–Trinajstić information content (AvgIpc) is 2.79. The first-order valence-corrected chi connectivity index (χ1v) is 11.7. The van der Waals surface area contributed by atoms with Gasteiger partial charge in [-0.05, 0) is 57.3 Å². The van der Waals surface area contributed by atoms with Gasteiger partial charge >= 0.3 is 0 Å². The highest BCUT2D eigenvalue weighted by Gasteiger charge is 2.28. The lowest BCUT2D eigenvalue weighted by Gasteiger charge is -2.26. The van der Waals surface area contributed by atoms with Crippen LogP contribution in [-0.4, -0.2) is 10.2 Å². The zero-order valence-corrected chi connectivity index (χ0v) is 20.8. The molecule has 0 spiro atoms. The van der Waals surface area contributed by atoms with Crippen molar-refractivity contribution in [2.24, 2.45) is 0 Å². The van der Waals surface area contributed by atoms with Gasteiger partial charge in [-0.3, -0.25) is 0 Å². The Morgan fingerprint density at radius 2 is 0.882 bits per heavy atom. The lowest BCUT2D eigenvalue weighted by molar-refractivity contribution is 0.0168. The summed E-state index contributed by atoms with van der Waals surface area (Å²) in [5.41, 5.74) is 6.29.